The highest BCUT2D eigenvalue weighted by atomic mass is 79.9. The SMILES string of the molecule is CC1=CCCC(C)(C)C1/C=C/C(Br)=C\C=O. The van der Waals surface area contributed by atoms with Crippen molar-refractivity contribution >= 4 is 22.2 Å². The van der Waals surface area contributed by atoms with Gasteiger partial charge >= 0.3 is 0 Å². The summed E-state index contributed by atoms with van der Waals surface area (Å²) in [6.45, 7) is 6.79. The van der Waals surface area contributed by atoms with Crippen molar-refractivity contribution in [2.75, 3.05) is 0 Å². The molecule has 88 valence electrons. The van der Waals surface area contributed by atoms with E-state index in [9.17, 15) is 4.79 Å². The number of rotatable bonds is 3. The quantitative estimate of drug-likeness (QED) is 0.325. The molecule has 1 atom stereocenters. The largest absolute Gasteiger partial charge is 0.299 e. The van der Waals surface area contributed by atoms with Crippen LogP contribution in [0.1, 0.15) is 33.6 Å². The molecule has 1 aliphatic carbocycles. The van der Waals surface area contributed by atoms with Crippen LogP contribution in [-0.4, -0.2) is 6.29 Å². The Balaban J connectivity index is 2.85. The second kappa shape index (κ2) is 5.62. The molecule has 0 N–H and O–H groups in total. The van der Waals surface area contributed by atoms with Gasteiger partial charge in [0.05, 0.1) is 0 Å². The van der Waals surface area contributed by atoms with Crippen LogP contribution in [0.5, 0.6) is 0 Å². The van der Waals surface area contributed by atoms with Gasteiger partial charge in [-0.05, 0) is 31.3 Å². The lowest BCUT2D eigenvalue weighted by molar-refractivity contribution is -0.104. The standard InChI is InChI=1S/C14H19BrO/c1-11-5-4-9-14(2,3)13(11)7-6-12(15)8-10-16/h5-8,10,13H,4,9H2,1-3H3/b7-6+,12-8+. The highest BCUT2D eigenvalue weighted by molar-refractivity contribution is 9.11. The zero-order valence-electron chi connectivity index (χ0n) is 10.2. The Labute approximate surface area is 106 Å². The smallest absolute Gasteiger partial charge is 0.143 e. The van der Waals surface area contributed by atoms with E-state index in [-0.39, 0.29) is 0 Å². The number of carbonyl (C=O) groups is 1. The monoisotopic (exact) mass is 282 g/mol. The Kier molecular flexibility index (Phi) is 4.72. The first-order valence-electron chi connectivity index (χ1n) is 5.63. The molecule has 0 fully saturated rings. The third kappa shape index (κ3) is 3.44. The predicted octanol–water partition coefficient (Wildman–Crippen LogP) is 4.40. The Bertz CT molecular complexity index is 348. The van der Waals surface area contributed by atoms with Crippen LogP contribution in [0.2, 0.25) is 0 Å². The van der Waals surface area contributed by atoms with Gasteiger partial charge in [0.15, 0.2) is 0 Å². The molecular formula is C14H19BrO. The van der Waals surface area contributed by atoms with Crippen LogP contribution in [0.15, 0.2) is 34.4 Å². The summed E-state index contributed by atoms with van der Waals surface area (Å²) in [6.07, 6.45) is 11.2. The van der Waals surface area contributed by atoms with Crippen molar-refractivity contribution in [1.29, 1.82) is 0 Å². The van der Waals surface area contributed by atoms with Gasteiger partial charge < -0.3 is 0 Å². The van der Waals surface area contributed by atoms with Crippen LogP contribution in [0.25, 0.3) is 0 Å². The Morgan fingerprint density at radius 3 is 2.81 bits per heavy atom. The first-order chi connectivity index (χ1) is 7.47. The molecule has 0 radical (unpaired) electrons. The molecule has 0 saturated heterocycles. The summed E-state index contributed by atoms with van der Waals surface area (Å²) < 4.78 is 0.830. The van der Waals surface area contributed by atoms with E-state index in [1.165, 1.54) is 24.5 Å². The lowest BCUT2D eigenvalue weighted by atomic mass is 9.68. The number of allylic oxidation sites excluding steroid dienone is 6. The fraction of sp³-hybridized carbons (Fsp3) is 0.500. The molecule has 1 aliphatic rings. The third-order valence-corrected chi connectivity index (χ3v) is 3.79. The van der Waals surface area contributed by atoms with Crippen molar-refractivity contribution in [3.05, 3.63) is 34.4 Å². The molecule has 0 bridgehead atoms. The minimum Gasteiger partial charge on any atom is -0.299 e. The van der Waals surface area contributed by atoms with Crippen LogP contribution >= 0.6 is 15.9 Å². The molecule has 0 saturated carbocycles. The number of hydrogen-bond donors (Lipinski definition) is 0. The summed E-state index contributed by atoms with van der Waals surface area (Å²) in [5.41, 5.74) is 1.74. The molecule has 1 rings (SSSR count). The van der Waals surface area contributed by atoms with Crippen LogP contribution in [-0.2, 0) is 4.79 Å². The maximum absolute atomic E-state index is 10.3. The van der Waals surface area contributed by atoms with Gasteiger partial charge in [0.25, 0.3) is 0 Å². The van der Waals surface area contributed by atoms with Crippen molar-refractivity contribution in [1.82, 2.24) is 0 Å². The molecule has 0 aromatic rings. The molecule has 1 unspecified atom stereocenters. The number of hydrogen-bond acceptors (Lipinski definition) is 1. The zero-order valence-corrected chi connectivity index (χ0v) is 11.8. The van der Waals surface area contributed by atoms with Crippen molar-refractivity contribution < 1.29 is 4.79 Å². The lowest BCUT2D eigenvalue weighted by Crippen LogP contribution is -2.26. The van der Waals surface area contributed by atoms with Crippen molar-refractivity contribution in [3.63, 3.8) is 0 Å². The third-order valence-electron chi connectivity index (χ3n) is 3.26. The summed E-state index contributed by atoms with van der Waals surface area (Å²) in [6, 6.07) is 0. The van der Waals surface area contributed by atoms with E-state index in [2.05, 4.69) is 48.9 Å². The van der Waals surface area contributed by atoms with Crippen molar-refractivity contribution in [2.24, 2.45) is 11.3 Å². The van der Waals surface area contributed by atoms with Crippen molar-refractivity contribution in [3.8, 4) is 0 Å². The van der Waals surface area contributed by atoms with E-state index in [1.807, 2.05) is 6.08 Å². The topological polar surface area (TPSA) is 17.1 Å². The molecule has 0 aromatic carbocycles. The van der Waals surface area contributed by atoms with Gasteiger partial charge in [-0.3, -0.25) is 4.79 Å². The fourth-order valence-electron chi connectivity index (χ4n) is 2.29. The van der Waals surface area contributed by atoms with E-state index in [1.54, 1.807) is 0 Å². The maximum Gasteiger partial charge on any atom is 0.143 e. The molecule has 2 heteroatoms. The van der Waals surface area contributed by atoms with Crippen LogP contribution in [0, 0.1) is 11.3 Å². The Morgan fingerprint density at radius 2 is 2.25 bits per heavy atom. The Morgan fingerprint density at radius 1 is 1.56 bits per heavy atom. The lowest BCUT2D eigenvalue weighted by Gasteiger charge is -2.36. The molecular weight excluding hydrogens is 264 g/mol. The summed E-state index contributed by atoms with van der Waals surface area (Å²) in [5.74, 6) is 0.467. The molecule has 0 amide bonds. The fourth-order valence-corrected chi connectivity index (χ4v) is 2.55. The number of halogens is 1. The number of aldehydes is 1. The van der Waals surface area contributed by atoms with Crippen molar-refractivity contribution in [2.45, 2.75) is 33.6 Å². The van der Waals surface area contributed by atoms with Gasteiger partial charge in [-0.1, -0.05) is 53.6 Å². The molecule has 0 aliphatic heterocycles. The van der Waals surface area contributed by atoms with E-state index < -0.39 is 0 Å². The summed E-state index contributed by atoms with van der Waals surface area (Å²) in [7, 11) is 0. The minimum atomic E-state index is 0.309. The van der Waals surface area contributed by atoms with E-state index in [4.69, 9.17) is 0 Å². The summed E-state index contributed by atoms with van der Waals surface area (Å²) in [5, 5.41) is 0. The second-order valence-corrected chi connectivity index (χ2v) is 5.92. The van der Waals surface area contributed by atoms with E-state index >= 15 is 0 Å². The van der Waals surface area contributed by atoms with Crippen LogP contribution in [0.4, 0.5) is 0 Å². The molecule has 0 heterocycles. The minimum absolute atomic E-state index is 0.309. The highest BCUT2D eigenvalue weighted by Crippen LogP contribution is 2.41. The number of carbonyl (C=O) groups excluding carboxylic acids is 1. The second-order valence-electron chi connectivity index (χ2n) is 5.00. The van der Waals surface area contributed by atoms with Gasteiger partial charge in [-0.25, -0.2) is 0 Å². The van der Waals surface area contributed by atoms with E-state index in [0.29, 0.717) is 11.3 Å². The van der Waals surface area contributed by atoms with Gasteiger partial charge in [-0.2, -0.15) is 0 Å². The summed E-state index contributed by atoms with van der Waals surface area (Å²) in [4.78, 5) is 10.3. The van der Waals surface area contributed by atoms with Gasteiger partial charge in [0.2, 0.25) is 0 Å². The average molecular weight is 283 g/mol. The van der Waals surface area contributed by atoms with E-state index in [0.717, 1.165) is 10.8 Å². The predicted molar refractivity (Wildman–Crippen MR) is 72.5 cm³/mol. The van der Waals surface area contributed by atoms with Crippen LogP contribution in [0.3, 0.4) is 0 Å². The van der Waals surface area contributed by atoms with Gasteiger partial charge in [-0.15, -0.1) is 0 Å². The van der Waals surface area contributed by atoms with Gasteiger partial charge in [0.1, 0.15) is 6.29 Å². The first kappa shape index (κ1) is 13.4. The van der Waals surface area contributed by atoms with Gasteiger partial charge in [0, 0.05) is 10.4 Å². The zero-order chi connectivity index (χ0) is 12.2. The normalized spacial score (nSPS) is 25.6. The molecule has 1 nitrogen and oxygen atoms in total. The maximum atomic E-state index is 10.3. The molecule has 16 heavy (non-hydrogen) atoms. The van der Waals surface area contributed by atoms with Crippen LogP contribution < -0.4 is 0 Å². The average Bonchev–Trinajstić information content (AvgIpc) is 2.16. The first-order valence-corrected chi connectivity index (χ1v) is 6.42. The highest BCUT2D eigenvalue weighted by Gasteiger charge is 2.30. The molecule has 0 spiro atoms. The Hall–Kier alpha value is -0.630. The molecule has 0 aromatic heterocycles. The summed E-state index contributed by atoms with van der Waals surface area (Å²) >= 11 is 3.35.